The second-order valence-corrected chi connectivity index (χ2v) is 12.4. The van der Waals surface area contributed by atoms with E-state index in [0.717, 1.165) is 51.4 Å². The SMILES string of the molecule is CC(C)(C)c1ccc2c(c1)C[C@@H]1CC[C@H](C2)[C@]12CN(C1CCCC1)S(=O)(=O)N2. The van der Waals surface area contributed by atoms with E-state index < -0.39 is 10.2 Å². The maximum absolute atomic E-state index is 13.1. The maximum atomic E-state index is 13.1. The molecular formula is C23H34N2O2S. The van der Waals surface area contributed by atoms with Gasteiger partial charge in [0.15, 0.2) is 0 Å². The molecule has 154 valence electrons. The van der Waals surface area contributed by atoms with Gasteiger partial charge >= 0.3 is 0 Å². The quantitative estimate of drug-likeness (QED) is 0.773. The summed E-state index contributed by atoms with van der Waals surface area (Å²) in [7, 11) is -3.36. The molecule has 0 radical (unpaired) electrons. The molecule has 2 bridgehead atoms. The zero-order chi connectivity index (χ0) is 19.7. The molecule has 4 aliphatic rings. The molecular weight excluding hydrogens is 368 g/mol. The van der Waals surface area contributed by atoms with Crippen LogP contribution in [0.15, 0.2) is 18.2 Å². The number of benzene rings is 1. The average molecular weight is 403 g/mol. The summed E-state index contributed by atoms with van der Waals surface area (Å²) in [4.78, 5) is 0. The van der Waals surface area contributed by atoms with Crippen LogP contribution in [0.3, 0.4) is 0 Å². The van der Waals surface area contributed by atoms with Crippen LogP contribution in [0.1, 0.15) is 76.0 Å². The van der Waals surface area contributed by atoms with Crippen molar-refractivity contribution in [3.8, 4) is 0 Å². The fourth-order valence-electron chi connectivity index (χ4n) is 6.45. The smallest absolute Gasteiger partial charge is 0.195 e. The van der Waals surface area contributed by atoms with E-state index >= 15 is 0 Å². The van der Waals surface area contributed by atoms with Gasteiger partial charge in [-0.25, -0.2) is 0 Å². The third-order valence-electron chi connectivity index (χ3n) is 8.10. The Morgan fingerprint density at radius 1 is 1.00 bits per heavy atom. The fraction of sp³-hybridized carbons (Fsp3) is 0.739. The summed E-state index contributed by atoms with van der Waals surface area (Å²) in [6.45, 7) is 7.49. The molecule has 1 aliphatic heterocycles. The molecule has 1 heterocycles. The summed E-state index contributed by atoms with van der Waals surface area (Å²) in [6.07, 6.45) is 8.70. The topological polar surface area (TPSA) is 49.4 Å². The highest BCUT2D eigenvalue weighted by atomic mass is 32.2. The van der Waals surface area contributed by atoms with Crippen LogP contribution in [0.25, 0.3) is 0 Å². The van der Waals surface area contributed by atoms with Gasteiger partial charge < -0.3 is 0 Å². The monoisotopic (exact) mass is 402 g/mol. The highest BCUT2D eigenvalue weighted by Gasteiger charge is 2.60. The van der Waals surface area contributed by atoms with Crippen molar-refractivity contribution in [2.45, 2.75) is 89.1 Å². The molecule has 3 fully saturated rings. The summed E-state index contributed by atoms with van der Waals surface area (Å²) in [5.41, 5.74) is 4.17. The Kier molecular flexibility index (Phi) is 4.29. The van der Waals surface area contributed by atoms with Gasteiger partial charge in [-0.2, -0.15) is 17.4 Å². The molecule has 3 aliphatic carbocycles. The third kappa shape index (κ3) is 2.88. The second-order valence-electron chi connectivity index (χ2n) is 10.7. The van der Waals surface area contributed by atoms with Crippen LogP contribution in [0, 0.1) is 11.8 Å². The van der Waals surface area contributed by atoms with Crippen LogP contribution < -0.4 is 4.72 Å². The van der Waals surface area contributed by atoms with E-state index in [1.54, 1.807) is 0 Å². The van der Waals surface area contributed by atoms with Crippen molar-refractivity contribution in [3.63, 3.8) is 0 Å². The molecule has 1 N–H and O–H groups in total. The number of nitrogens with one attached hydrogen (secondary N) is 1. The van der Waals surface area contributed by atoms with Crippen LogP contribution >= 0.6 is 0 Å². The summed E-state index contributed by atoms with van der Waals surface area (Å²) in [5, 5.41) is 0. The molecule has 0 amide bonds. The lowest BCUT2D eigenvalue weighted by Gasteiger charge is -2.34. The van der Waals surface area contributed by atoms with E-state index in [-0.39, 0.29) is 17.0 Å². The Bertz CT molecular complexity index is 882. The molecule has 1 saturated heterocycles. The van der Waals surface area contributed by atoms with Crippen molar-refractivity contribution in [1.29, 1.82) is 0 Å². The van der Waals surface area contributed by atoms with Gasteiger partial charge in [0.05, 0.1) is 5.54 Å². The van der Waals surface area contributed by atoms with E-state index in [1.165, 1.54) is 16.7 Å². The van der Waals surface area contributed by atoms with Crippen LogP contribution in [-0.4, -0.2) is 30.8 Å². The van der Waals surface area contributed by atoms with E-state index in [2.05, 4.69) is 43.7 Å². The molecule has 4 nitrogen and oxygen atoms in total. The van der Waals surface area contributed by atoms with E-state index in [1.807, 2.05) is 4.31 Å². The number of fused-ring (bicyclic) bond motifs is 1. The summed E-state index contributed by atoms with van der Waals surface area (Å²) < 4.78 is 31.4. The average Bonchev–Trinajstić information content (AvgIpc) is 3.25. The number of nitrogens with zero attached hydrogens (tertiary/aromatic N) is 1. The van der Waals surface area contributed by atoms with Crippen molar-refractivity contribution < 1.29 is 8.42 Å². The first-order valence-electron chi connectivity index (χ1n) is 11.1. The Hall–Kier alpha value is -0.910. The molecule has 0 unspecified atom stereocenters. The van der Waals surface area contributed by atoms with Gasteiger partial charge in [0.1, 0.15) is 0 Å². The first kappa shape index (κ1) is 19.1. The highest BCUT2D eigenvalue weighted by Crippen LogP contribution is 2.51. The molecule has 28 heavy (non-hydrogen) atoms. The normalized spacial score (nSPS) is 35.4. The van der Waals surface area contributed by atoms with Crippen molar-refractivity contribution in [1.82, 2.24) is 9.03 Å². The summed E-state index contributed by atoms with van der Waals surface area (Å²) in [6, 6.07) is 7.23. The van der Waals surface area contributed by atoms with Gasteiger partial charge in [-0.05, 0) is 72.5 Å². The minimum absolute atomic E-state index is 0.145. The Morgan fingerprint density at radius 2 is 1.64 bits per heavy atom. The molecule has 2 saturated carbocycles. The third-order valence-corrected chi connectivity index (χ3v) is 9.79. The lowest BCUT2D eigenvalue weighted by atomic mass is 9.79. The molecule has 1 spiro atoms. The minimum atomic E-state index is -3.36. The van der Waals surface area contributed by atoms with Gasteiger partial charge in [0.25, 0.3) is 10.2 Å². The predicted molar refractivity (Wildman–Crippen MR) is 113 cm³/mol. The Balaban J connectivity index is 1.50. The van der Waals surface area contributed by atoms with Gasteiger partial charge in [0.2, 0.25) is 0 Å². The fourth-order valence-corrected chi connectivity index (χ4v) is 8.43. The zero-order valence-corrected chi connectivity index (χ0v) is 18.3. The van der Waals surface area contributed by atoms with Crippen molar-refractivity contribution in [2.24, 2.45) is 11.8 Å². The van der Waals surface area contributed by atoms with Gasteiger partial charge in [0, 0.05) is 12.6 Å². The van der Waals surface area contributed by atoms with Gasteiger partial charge in [-0.15, -0.1) is 0 Å². The van der Waals surface area contributed by atoms with E-state index in [4.69, 9.17) is 0 Å². The molecule has 3 atom stereocenters. The lowest BCUT2D eigenvalue weighted by molar-refractivity contribution is 0.195. The van der Waals surface area contributed by atoms with E-state index in [0.29, 0.717) is 18.4 Å². The Labute approximate surface area is 170 Å². The molecule has 1 aromatic carbocycles. The Morgan fingerprint density at radius 3 is 2.29 bits per heavy atom. The van der Waals surface area contributed by atoms with Crippen LogP contribution in [0.2, 0.25) is 0 Å². The highest BCUT2D eigenvalue weighted by molar-refractivity contribution is 7.87. The molecule has 0 aromatic heterocycles. The predicted octanol–water partition coefficient (Wildman–Crippen LogP) is 3.94. The maximum Gasteiger partial charge on any atom is 0.280 e. The largest absolute Gasteiger partial charge is 0.280 e. The lowest BCUT2D eigenvalue weighted by Crippen LogP contribution is -2.52. The van der Waals surface area contributed by atoms with Crippen molar-refractivity contribution >= 4 is 10.2 Å². The zero-order valence-electron chi connectivity index (χ0n) is 17.5. The van der Waals surface area contributed by atoms with Gasteiger partial charge in [-0.3, -0.25) is 0 Å². The number of rotatable bonds is 1. The van der Waals surface area contributed by atoms with Crippen molar-refractivity contribution in [2.75, 3.05) is 6.54 Å². The molecule has 5 rings (SSSR count). The van der Waals surface area contributed by atoms with Crippen LogP contribution in [-0.2, 0) is 28.5 Å². The molecule has 5 heteroatoms. The van der Waals surface area contributed by atoms with Crippen LogP contribution in [0.5, 0.6) is 0 Å². The van der Waals surface area contributed by atoms with Gasteiger partial charge in [-0.1, -0.05) is 51.8 Å². The second kappa shape index (κ2) is 6.29. The van der Waals surface area contributed by atoms with Crippen molar-refractivity contribution in [3.05, 3.63) is 34.9 Å². The summed E-state index contributed by atoms with van der Waals surface area (Å²) in [5.74, 6) is 0.829. The standard InChI is InChI=1S/C23H34N2O2S/c1-22(2,3)18-9-8-16-12-19-10-11-20(14-17(16)13-18)23(19)15-25(28(26,27)24-23)21-6-4-5-7-21/h8-9,13,19-21,24H,4-7,10-12,14-15H2,1-3H3/t19-,20+,23-/m1/s1. The first-order valence-corrected chi connectivity index (χ1v) is 12.6. The number of hydrogen-bond acceptors (Lipinski definition) is 2. The van der Waals surface area contributed by atoms with E-state index in [9.17, 15) is 8.42 Å². The first-order chi connectivity index (χ1) is 13.2. The summed E-state index contributed by atoms with van der Waals surface area (Å²) >= 11 is 0. The molecule has 1 aromatic rings. The minimum Gasteiger partial charge on any atom is -0.195 e. The van der Waals surface area contributed by atoms with Crippen LogP contribution in [0.4, 0.5) is 0 Å². The number of hydrogen-bond donors (Lipinski definition) is 1.